The number of amidine groups is 1. The van der Waals surface area contributed by atoms with Gasteiger partial charge in [-0.25, -0.2) is 14.4 Å². The summed E-state index contributed by atoms with van der Waals surface area (Å²) in [6.45, 7) is 1.99. The van der Waals surface area contributed by atoms with Crippen molar-refractivity contribution in [3.05, 3.63) is 65.7 Å². The minimum absolute atomic E-state index is 0.276. The van der Waals surface area contributed by atoms with Crippen molar-refractivity contribution < 1.29 is 4.39 Å². The molecule has 7 nitrogen and oxygen atoms in total. The van der Waals surface area contributed by atoms with E-state index in [0.717, 1.165) is 17.1 Å². The van der Waals surface area contributed by atoms with Gasteiger partial charge in [-0.15, -0.1) is 0 Å². The minimum Gasteiger partial charge on any atom is -0.384 e. The zero-order valence-corrected chi connectivity index (χ0v) is 16.6. The van der Waals surface area contributed by atoms with Gasteiger partial charge < -0.3 is 16.0 Å². The summed E-state index contributed by atoms with van der Waals surface area (Å²) >= 11 is 0. The zero-order chi connectivity index (χ0) is 20.8. The maximum atomic E-state index is 13.9. The number of imidazole rings is 1. The van der Waals surface area contributed by atoms with Gasteiger partial charge in [-0.3, -0.25) is 10.3 Å². The van der Waals surface area contributed by atoms with E-state index in [1.165, 1.54) is 12.1 Å². The molecular formula is C21H24FN7. The largest absolute Gasteiger partial charge is 0.384 e. The summed E-state index contributed by atoms with van der Waals surface area (Å²) in [6.07, 6.45) is 2.34. The van der Waals surface area contributed by atoms with Crippen molar-refractivity contribution in [1.82, 2.24) is 14.9 Å². The molecule has 0 aliphatic carbocycles. The first-order valence-electron chi connectivity index (χ1n) is 9.40. The number of benzene rings is 2. The topological polar surface area (TPSA) is 97.5 Å². The molecule has 5 N–H and O–H groups in total. The van der Waals surface area contributed by atoms with E-state index in [-0.39, 0.29) is 11.7 Å². The lowest BCUT2D eigenvalue weighted by atomic mass is 10.1. The maximum Gasteiger partial charge on any atom is 0.212 e. The van der Waals surface area contributed by atoms with E-state index in [4.69, 9.17) is 11.5 Å². The van der Waals surface area contributed by atoms with Crippen molar-refractivity contribution in [3.63, 3.8) is 0 Å². The second-order valence-electron chi connectivity index (χ2n) is 7.25. The van der Waals surface area contributed by atoms with E-state index in [1.807, 2.05) is 54.8 Å². The van der Waals surface area contributed by atoms with E-state index in [9.17, 15) is 4.39 Å². The molecule has 4 rings (SSSR count). The number of anilines is 1. The van der Waals surface area contributed by atoms with Crippen LogP contribution in [0.4, 0.5) is 10.1 Å². The van der Waals surface area contributed by atoms with Gasteiger partial charge in [0.2, 0.25) is 5.79 Å². The quantitative estimate of drug-likeness (QED) is 0.632. The van der Waals surface area contributed by atoms with Crippen LogP contribution in [-0.4, -0.2) is 29.5 Å². The van der Waals surface area contributed by atoms with Crippen LogP contribution in [0.3, 0.4) is 0 Å². The molecule has 150 valence electrons. The number of hydrogen-bond donors (Lipinski definition) is 3. The van der Waals surface area contributed by atoms with Gasteiger partial charge >= 0.3 is 0 Å². The summed E-state index contributed by atoms with van der Waals surface area (Å²) in [6, 6.07) is 12.3. The SMILES string of the molecule is CCc1nc2ccc(F)cc2n1C1=CC(N)=NC(N)(c2ccc(N(C)C)cc2)N1. The Morgan fingerprint density at radius 3 is 2.55 bits per heavy atom. The number of halogens is 1. The first-order chi connectivity index (χ1) is 13.8. The van der Waals surface area contributed by atoms with Crippen LogP contribution in [0.1, 0.15) is 18.3 Å². The fraction of sp³-hybridized carbons (Fsp3) is 0.238. The molecule has 1 aliphatic rings. The van der Waals surface area contributed by atoms with Gasteiger partial charge in [0.15, 0.2) is 0 Å². The van der Waals surface area contributed by atoms with Gasteiger partial charge in [0.05, 0.1) is 11.0 Å². The van der Waals surface area contributed by atoms with Gasteiger partial charge in [-0.05, 0) is 24.3 Å². The molecule has 0 radical (unpaired) electrons. The van der Waals surface area contributed by atoms with Crippen LogP contribution >= 0.6 is 0 Å². The molecule has 2 aromatic carbocycles. The van der Waals surface area contributed by atoms with Gasteiger partial charge in [-0.2, -0.15) is 0 Å². The molecule has 0 saturated heterocycles. The highest BCUT2D eigenvalue weighted by Crippen LogP contribution is 2.28. The molecule has 29 heavy (non-hydrogen) atoms. The number of nitrogens with one attached hydrogen (secondary N) is 1. The third kappa shape index (κ3) is 3.31. The summed E-state index contributed by atoms with van der Waals surface area (Å²) in [4.78, 5) is 11.1. The first-order valence-corrected chi connectivity index (χ1v) is 9.40. The van der Waals surface area contributed by atoms with Crippen LogP contribution in [0.2, 0.25) is 0 Å². The fourth-order valence-electron chi connectivity index (χ4n) is 3.51. The monoisotopic (exact) mass is 393 g/mol. The molecule has 8 heteroatoms. The standard InChI is InChI=1S/C21H24FN7/c1-4-19-25-16-10-7-14(22)11-17(16)29(19)20-12-18(23)26-21(24,27-20)13-5-8-15(9-6-13)28(2)3/h5-12,27H,4,24H2,1-3H3,(H2,23,26). The summed E-state index contributed by atoms with van der Waals surface area (Å²) in [7, 11) is 3.94. The molecule has 0 bridgehead atoms. The van der Waals surface area contributed by atoms with Crippen molar-refractivity contribution >= 4 is 28.4 Å². The Hall–Kier alpha value is -3.39. The predicted molar refractivity (Wildman–Crippen MR) is 115 cm³/mol. The second kappa shape index (κ2) is 6.89. The van der Waals surface area contributed by atoms with Crippen molar-refractivity contribution in [2.75, 3.05) is 19.0 Å². The number of nitrogens with zero attached hydrogens (tertiary/aromatic N) is 4. The summed E-state index contributed by atoms with van der Waals surface area (Å²) in [5.41, 5.74) is 15.9. The highest BCUT2D eigenvalue weighted by Gasteiger charge is 2.32. The van der Waals surface area contributed by atoms with Crippen LogP contribution < -0.4 is 21.7 Å². The molecule has 1 unspecified atom stereocenters. The zero-order valence-electron chi connectivity index (χ0n) is 16.6. The van der Waals surface area contributed by atoms with Crippen LogP contribution in [0, 0.1) is 5.82 Å². The van der Waals surface area contributed by atoms with Crippen LogP contribution in [0.5, 0.6) is 0 Å². The summed E-state index contributed by atoms with van der Waals surface area (Å²) in [5, 5.41) is 3.27. The molecule has 0 saturated carbocycles. The molecular weight excluding hydrogens is 369 g/mol. The van der Waals surface area contributed by atoms with E-state index >= 15 is 0 Å². The van der Waals surface area contributed by atoms with E-state index < -0.39 is 5.79 Å². The first kappa shape index (κ1) is 18.9. The van der Waals surface area contributed by atoms with Crippen LogP contribution in [-0.2, 0) is 12.2 Å². The summed E-state index contributed by atoms with van der Waals surface area (Å²) in [5.74, 6) is 0.0513. The Morgan fingerprint density at radius 1 is 1.17 bits per heavy atom. The molecule has 2 heterocycles. The number of nitrogens with two attached hydrogens (primary N) is 2. The van der Waals surface area contributed by atoms with Crippen molar-refractivity contribution in [2.45, 2.75) is 19.1 Å². The molecule has 0 spiro atoms. The lowest BCUT2D eigenvalue weighted by molar-refractivity contribution is 0.410. The van der Waals surface area contributed by atoms with Gasteiger partial charge in [0.25, 0.3) is 0 Å². The molecule has 1 aromatic heterocycles. The Kier molecular flexibility index (Phi) is 4.50. The lowest BCUT2D eigenvalue weighted by Gasteiger charge is -2.33. The van der Waals surface area contributed by atoms with E-state index in [1.54, 1.807) is 12.1 Å². The average Bonchev–Trinajstić information content (AvgIpc) is 3.05. The van der Waals surface area contributed by atoms with Gasteiger partial charge in [0, 0.05) is 43.9 Å². The van der Waals surface area contributed by atoms with Gasteiger partial charge in [-0.1, -0.05) is 19.1 Å². The fourth-order valence-corrected chi connectivity index (χ4v) is 3.51. The molecule has 1 aliphatic heterocycles. The Balaban J connectivity index is 1.80. The lowest BCUT2D eigenvalue weighted by Crippen LogP contribution is -2.52. The number of fused-ring (bicyclic) bond motifs is 1. The molecule has 3 aromatic rings. The third-order valence-corrected chi connectivity index (χ3v) is 4.98. The second-order valence-corrected chi connectivity index (χ2v) is 7.25. The number of aromatic nitrogens is 2. The summed E-state index contributed by atoms with van der Waals surface area (Å²) < 4.78 is 15.8. The smallest absolute Gasteiger partial charge is 0.212 e. The van der Waals surface area contributed by atoms with Crippen molar-refractivity contribution in [1.29, 1.82) is 0 Å². The average molecular weight is 393 g/mol. The van der Waals surface area contributed by atoms with E-state index in [2.05, 4.69) is 15.3 Å². The molecule has 0 amide bonds. The third-order valence-electron chi connectivity index (χ3n) is 4.98. The Morgan fingerprint density at radius 2 is 1.90 bits per heavy atom. The molecule has 0 fully saturated rings. The van der Waals surface area contributed by atoms with Crippen molar-refractivity contribution in [2.24, 2.45) is 16.5 Å². The number of rotatable bonds is 4. The minimum atomic E-state index is -1.26. The molecule has 1 atom stereocenters. The van der Waals surface area contributed by atoms with E-state index in [0.29, 0.717) is 23.3 Å². The number of hydrogen-bond acceptors (Lipinski definition) is 6. The predicted octanol–water partition coefficient (Wildman–Crippen LogP) is 2.33. The Bertz CT molecular complexity index is 1130. The highest BCUT2D eigenvalue weighted by molar-refractivity contribution is 5.98. The maximum absolute atomic E-state index is 13.9. The van der Waals surface area contributed by atoms with Crippen LogP contribution in [0.15, 0.2) is 53.5 Å². The van der Waals surface area contributed by atoms with Crippen LogP contribution in [0.25, 0.3) is 16.9 Å². The van der Waals surface area contributed by atoms with Crippen molar-refractivity contribution in [3.8, 4) is 0 Å². The Labute approximate surface area is 168 Å². The van der Waals surface area contributed by atoms with Gasteiger partial charge in [0.1, 0.15) is 23.3 Å². The highest BCUT2D eigenvalue weighted by atomic mass is 19.1. The number of aliphatic imine (C=N–C) groups is 1. The number of aryl methyl sites for hydroxylation is 1. The normalized spacial score (nSPS) is 18.9.